The third-order valence-electron chi connectivity index (χ3n) is 3.34. The van der Waals surface area contributed by atoms with Crippen LogP contribution < -0.4 is 10.6 Å². The number of nitrogens with one attached hydrogen (secondary N) is 2. The minimum atomic E-state index is -0.779. The highest BCUT2D eigenvalue weighted by atomic mass is 35.5. The second-order valence-electron chi connectivity index (χ2n) is 5.36. The van der Waals surface area contributed by atoms with Crippen LogP contribution in [0, 0.1) is 12.7 Å². The fourth-order valence-corrected chi connectivity index (χ4v) is 2.14. The number of esters is 1. The Morgan fingerprint density at radius 1 is 1.12 bits per heavy atom. The summed E-state index contributed by atoms with van der Waals surface area (Å²) in [5.74, 6) is -2.34. The zero-order chi connectivity index (χ0) is 19.1. The molecule has 0 radical (unpaired) electrons. The summed E-state index contributed by atoms with van der Waals surface area (Å²) in [6, 6.07) is 9.86. The molecule has 2 aromatic carbocycles. The van der Waals surface area contributed by atoms with Crippen molar-refractivity contribution in [3.05, 3.63) is 64.4 Å². The molecule has 8 heteroatoms. The van der Waals surface area contributed by atoms with Gasteiger partial charge < -0.3 is 15.4 Å². The Hall–Kier alpha value is -2.93. The van der Waals surface area contributed by atoms with Gasteiger partial charge in [-0.25, -0.2) is 4.39 Å². The zero-order valence-corrected chi connectivity index (χ0v) is 14.6. The van der Waals surface area contributed by atoms with Crippen LogP contribution in [0.4, 0.5) is 10.1 Å². The minimum Gasteiger partial charge on any atom is -0.454 e. The fraction of sp³-hybridized carbons (Fsp3) is 0.167. The Bertz CT molecular complexity index is 824. The molecule has 0 aliphatic heterocycles. The summed E-state index contributed by atoms with van der Waals surface area (Å²) in [6.07, 6.45) is 0. The van der Waals surface area contributed by atoms with Gasteiger partial charge in [-0.3, -0.25) is 14.4 Å². The number of hydrogen-bond acceptors (Lipinski definition) is 4. The molecular weight excluding hydrogens is 363 g/mol. The smallest absolute Gasteiger partial charge is 0.325 e. The molecule has 26 heavy (non-hydrogen) atoms. The SMILES string of the molecule is Cc1ccc(Cl)cc1NC(=O)COC(=O)CNC(=O)c1ccc(F)cc1. The van der Waals surface area contributed by atoms with Gasteiger partial charge in [-0.2, -0.15) is 0 Å². The van der Waals surface area contributed by atoms with Gasteiger partial charge in [-0.05, 0) is 48.9 Å². The van der Waals surface area contributed by atoms with Gasteiger partial charge in [0, 0.05) is 16.3 Å². The predicted molar refractivity (Wildman–Crippen MR) is 94.5 cm³/mol. The molecule has 0 saturated carbocycles. The maximum absolute atomic E-state index is 12.8. The Labute approximate surface area is 154 Å². The Balaban J connectivity index is 1.75. The number of benzene rings is 2. The number of rotatable bonds is 6. The molecule has 2 aromatic rings. The van der Waals surface area contributed by atoms with E-state index in [1.165, 1.54) is 12.1 Å². The number of aryl methyl sites for hydroxylation is 1. The molecule has 0 aromatic heterocycles. The van der Waals surface area contributed by atoms with Gasteiger partial charge in [-0.1, -0.05) is 17.7 Å². The highest BCUT2D eigenvalue weighted by Crippen LogP contribution is 2.19. The Morgan fingerprint density at radius 3 is 2.50 bits per heavy atom. The third-order valence-corrected chi connectivity index (χ3v) is 3.57. The summed E-state index contributed by atoms with van der Waals surface area (Å²) in [7, 11) is 0. The van der Waals surface area contributed by atoms with E-state index in [2.05, 4.69) is 10.6 Å². The quantitative estimate of drug-likeness (QED) is 0.757. The van der Waals surface area contributed by atoms with E-state index >= 15 is 0 Å². The van der Waals surface area contributed by atoms with E-state index in [-0.39, 0.29) is 5.56 Å². The lowest BCUT2D eigenvalue weighted by Gasteiger charge is -2.10. The number of carbonyl (C=O) groups is 3. The van der Waals surface area contributed by atoms with Crippen molar-refractivity contribution in [3.63, 3.8) is 0 Å². The number of hydrogen-bond donors (Lipinski definition) is 2. The maximum Gasteiger partial charge on any atom is 0.325 e. The molecule has 0 heterocycles. The summed E-state index contributed by atoms with van der Waals surface area (Å²) in [6.45, 7) is 0.875. The second-order valence-corrected chi connectivity index (χ2v) is 5.79. The average Bonchev–Trinajstić information content (AvgIpc) is 2.61. The van der Waals surface area contributed by atoms with Gasteiger partial charge in [-0.15, -0.1) is 0 Å². The summed E-state index contributed by atoms with van der Waals surface area (Å²) in [5, 5.41) is 5.37. The second kappa shape index (κ2) is 8.96. The fourth-order valence-electron chi connectivity index (χ4n) is 1.97. The molecule has 0 unspecified atom stereocenters. The van der Waals surface area contributed by atoms with Gasteiger partial charge in [0.25, 0.3) is 11.8 Å². The monoisotopic (exact) mass is 378 g/mol. The average molecular weight is 379 g/mol. The lowest BCUT2D eigenvalue weighted by atomic mass is 10.2. The number of ether oxygens (including phenoxy) is 1. The van der Waals surface area contributed by atoms with Crippen molar-refractivity contribution in [3.8, 4) is 0 Å². The van der Waals surface area contributed by atoms with Crippen LogP contribution >= 0.6 is 11.6 Å². The van der Waals surface area contributed by atoms with Gasteiger partial charge >= 0.3 is 5.97 Å². The summed E-state index contributed by atoms with van der Waals surface area (Å²) >= 11 is 5.86. The van der Waals surface area contributed by atoms with Crippen molar-refractivity contribution in [2.75, 3.05) is 18.5 Å². The topological polar surface area (TPSA) is 84.5 Å². The van der Waals surface area contributed by atoms with Crippen LogP contribution in [0.1, 0.15) is 15.9 Å². The molecule has 0 saturated heterocycles. The highest BCUT2D eigenvalue weighted by Gasteiger charge is 2.12. The lowest BCUT2D eigenvalue weighted by Crippen LogP contribution is -2.32. The molecule has 2 rings (SSSR count). The number of carbonyl (C=O) groups excluding carboxylic acids is 3. The molecule has 0 bridgehead atoms. The van der Waals surface area contributed by atoms with E-state index < -0.39 is 36.8 Å². The first-order chi connectivity index (χ1) is 12.3. The first-order valence-corrected chi connectivity index (χ1v) is 7.98. The molecule has 136 valence electrons. The van der Waals surface area contributed by atoms with Crippen LogP contribution in [0.3, 0.4) is 0 Å². The van der Waals surface area contributed by atoms with Crippen LogP contribution in [0.15, 0.2) is 42.5 Å². The van der Waals surface area contributed by atoms with Gasteiger partial charge in [0.15, 0.2) is 6.61 Å². The van der Waals surface area contributed by atoms with Gasteiger partial charge in [0.1, 0.15) is 12.4 Å². The van der Waals surface area contributed by atoms with Crippen molar-refractivity contribution in [1.29, 1.82) is 0 Å². The number of anilines is 1. The zero-order valence-electron chi connectivity index (χ0n) is 13.8. The molecule has 0 fully saturated rings. The van der Waals surface area contributed by atoms with E-state index in [1.54, 1.807) is 25.1 Å². The van der Waals surface area contributed by atoms with Crippen LogP contribution in [0.25, 0.3) is 0 Å². The minimum absolute atomic E-state index is 0.202. The molecule has 0 aliphatic rings. The van der Waals surface area contributed by atoms with Crippen LogP contribution in [0.5, 0.6) is 0 Å². The normalized spacial score (nSPS) is 10.1. The van der Waals surface area contributed by atoms with Crippen molar-refractivity contribution >= 4 is 35.1 Å². The summed E-state index contributed by atoms with van der Waals surface area (Å²) in [4.78, 5) is 35.2. The van der Waals surface area contributed by atoms with Gasteiger partial charge in [0.2, 0.25) is 0 Å². The molecule has 0 aliphatic carbocycles. The Morgan fingerprint density at radius 2 is 1.81 bits per heavy atom. The van der Waals surface area contributed by atoms with Crippen molar-refractivity contribution < 1.29 is 23.5 Å². The molecule has 2 N–H and O–H groups in total. The molecule has 2 amide bonds. The number of halogens is 2. The Kier molecular flexibility index (Phi) is 6.68. The van der Waals surface area contributed by atoms with E-state index in [9.17, 15) is 18.8 Å². The van der Waals surface area contributed by atoms with E-state index in [4.69, 9.17) is 16.3 Å². The first-order valence-electron chi connectivity index (χ1n) is 7.60. The largest absolute Gasteiger partial charge is 0.454 e. The third kappa shape index (κ3) is 5.86. The summed E-state index contributed by atoms with van der Waals surface area (Å²) in [5.41, 5.74) is 1.53. The summed E-state index contributed by atoms with van der Waals surface area (Å²) < 4.78 is 17.6. The van der Waals surface area contributed by atoms with Gasteiger partial charge in [0.05, 0.1) is 0 Å². The van der Waals surface area contributed by atoms with E-state index in [0.717, 1.165) is 17.7 Å². The molecule has 6 nitrogen and oxygen atoms in total. The van der Waals surface area contributed by atoms with Crippen molar-refractivity contribution in [2.45, 2.75) is 6.92 Å². The van der Waals surface area contributed by atoms with Crippen LogP contribution in [-0.2, 0) is 14.3 Å². The first kappa shape index (κ1) is 19.4. The predicted octanol–water partition coefficient (Wildman–Crippen LogP) is 2.70. The molecule has 0 spiro atoms. The lowest BCUT2D eigenvalue weighted by molar-refractivity contribution is -0.146. The van der Waals surface area contributed by atoms with Crippen molar-refractivity contribution in [2.24, 2.45) is 0 Å². The van der Waals surface area contributed by atoms with E-state index in [0.29, 0.717) is 10.7 Å². The van der Waals surface area contributed by atoms with Crippen LogP contribution in [0.2, 0.25) is 5.02 Å². The van der Waals surface area contributed by atoms with E-state index in [1.807, 2.05) is 0 Å². The molecular formula is C18H16ClFN2O4. The van der Waals surface area contributed by atoms with Crippen molar-refractivity contribution in [1.82, 2.24) is 5.32 Å². The highest BCUT2D eigenvalue weighted by molar-refractivity contribution is 6.31. The number of amides is 2. The van der Waals surface area contributed by atoms with Crippen LogP contribution in [-0.4, -0.2) is 30.9 Å². The molecule has 0 atom stereocenters. The standard InChI is InChI=1S/C18H16ClFN2O4/c1-11-2-5-13(19)8-15(11)22-16(23)10-26-17(24)9-21-18(25)12-3-6-14(20)7-4-12/h2-8H,9-10H2,1H3,(H,21,25)(H,22,23). The maximum atomic E-state index is 12.8.